The molecule has 1 aromatic carbocycles. The number of rotatable bonds is 1. The molecular formula is C15H18FN3O. The predicted molar refractivity (Wildman–Crippen MR) is 72.7 cm³/mol. The molecule has 106 valence electrons. The van der Waals surface area contributed by atoms with Gasteiger partial charge in [0, 0.05) is 26.2 Å². The van der Waals surface area contributed by atoms with Crippen molar-refractivity contribution >= 4 is 0 Å². The van der Waals surface area contributed by atoms with Gasteiger partial charge in [0.2, 0.25) is 0 Å². The first kappa shape index (κ1) is 13.5. The van der Waals surface area contributed by atoms with Gasteiger partial charge < -0.3 is 10.1 Å². The van der Waals surface area contributed by atoms with Gasteiger partial charge >= 0.3 is 0 Å². The molecule has 2 aliphatic rings. The van der Waals surface area contributed by atoms with E-state index in [-0.39, 0.29) is 17.2 Å². The molecule has 2 heterocycles. The van der Waals surface area contributed by atoms with Gasteiger partial charge in [-0.15, -0.1) is 0 Å². The number of hydrogen-bond acceptors (Lipinski definition) is 4. The largest absolute Gasteiger partial charge is 0.370 e. The second-order valence-electron chi connectivity index (χ2n) is 5.77. The first-order chi connectivity index (χ1) is 9.62. The van der Waals surface area contributed by atoms with Gasteiger partial charge in [0.25, 0.3) is 0 Å². The fourth-order valence-corrected chi connectivity index (χ4v) is 2.96. The van der Waals surface area contributed by atoms with Gasteiger partial charge in [-0.2, -0.15) is 5.26 Å². The number of morpholine rings is 1. The van der Waals surface area contributed by atoms with Crippen molar-refractivity contribution in [2.75, 3.05) is 32.8 Å². The summed E-state index contributed by atoms with van der Waals surface area (Å²) in [4.78, 5) is 2.41. The molecule has 2 fully saturated rings. The molecule has 4 nitrogen and oxygen atoms in total. The molecule has 0 radical (unpaired) electrons. The Hall–Kier alpha value is -1.48. The number of benzene rings is 1. The van der Waals surface area contributed by atoms with E-state index < -0.39 is 5.82 Å². The number of nitrogens with one attached hydrogen (secondary N) is 1. The molecule has 0 aliphatic carbocycles. The van der Waals surface area contributed by atoms with Crippen LogP contribution >= 0.6 is 0 Å². The third-order valence-corrected chi connectivity index (χ3v) is 4.29. The SMILES string of the molecule is C[C@]12CNCCN1CC(c1ccc(C#N)c(F)c1)OC2. The van der Waals surface area contributed by atoms with Crippen molar-refractivity contribution in [1.82, 2.24) is 10.2 Å². The van der Waals surface area contributed by atoms with Crippen LogP contribution in [0.3, 0.4) is 0 Å². The Morgan fingerprint density at radius 2 is 2.40 bits per heavy atom. The molecule has 1 unspecified atom stereocenters. The van der Waals surface area contributed by atoms with Gasteiger partial charge in [-0.05, 0) is 24.6 Å². The van der Waals surface area contributed by atoms with Gasteiger partial charge in [0.05, 0.1) is 23.8 Å². The topological polar surface area (TPSA) is 48.3 Å². The maximum absolute atomic E-state index is 13.7. The average molecular weight is 275 g/mol. The van der Waals surface area contributed by atoms with Crippen LogP contribution in [0.1, 0.15) is 24.2 Å². The van der Waals surface area contributed by atoms with E-state index in [1.165, 1.54) is 12.1 Å². The second-order valence-corrected chi connectivity index (χ2v) is 5.77. The first-order valence-corrected chi connectivity index (χ1v) is 6.89. The van der Waals surface area contributed by atoms with E-state index in [2.05, 4.69) is 17.1 Å². The Labute approximate surface area is 118 Å². The van der Waals surface area contributed by atoms with Crippen molar-refractivity contribution in [1.29, 1.82) is 5.26 Å². The molecular weight excluding hydrogens is 257 g/mol. The number of halogens is 1. The van der Waals surface area contributed by atoms with E-state index in [1.807, 2.05) is 6.07 Å². The van der Waals surface area contributed by atoms with Crippen molar-refractivity contribution in [3.63, 3.8) is 0 Å². The maximum Gasteiger partial charge on any atom is 0.141 e. The quantitative estimate of drug-likeness (QED) is 0.842. The van der Waals surface area contributed by atoms with Gasteiger partial charge in [-0.25, -0.2) is 4.39 Å². The van der Waals surface area contributed by atoms with Gasteiger partial charge in [-0.1, -0.05) is 6.07 Å². The van der Waals surface area contributed by atoms with Gasteiger partial charge in [0.15, 0.2) is 0 Å². The number of fused-ring (bicyclic) bond motifs is 1. The smallest absolute Gasteiger partial charge is 0.141 e. The van der Waals surface area contributed by atoms with Crippen LogP contribution in [0, 0.1) is 17.1 Å². The lowest BCUT2D eigenvalue weighted by atomic mass is 9.94. The highest BCUT2D eigenvalue weighted by Gasteiger charge is 2.40. The summed E-state index contributed by atoms with van der Waals surface area (Å²) in [6.45, 7) is 6.46. The molecule has 20 heavy (non-hydrogen) atoms. The van der Waals surface area contributed by atoms with Crippen LogP contribution in [-0.2, 0) is 4.74 Å². The predicted octanol–water partition coefficient (Wildman–Crippen LogP) is 1.43. The number of nitriles is 1. The third kappa shape index (κ3) is 2.31. The van der Waals surface area contributed by atoms with Crippen LogP contribution in [0.2, 0.25) is 0 Å². The molecule has 5 heteroatoms. The van der Waals surface area contributed by atoms with Crippen LogP contribution in [0.25, 0.3) is 0 Å². The van der Waals surface area contributed by atoms with Crippen molar-refractivity contribution in [2.45, 2.75) is 18.6 Å². The highest BCUT2D eigenvalue weighted by atomic mass is 19.1. The first-order valence-electron chi connectivity index (χ1n) is 6.89. The Kier molecular flexibility index (Phi) is 3.47. The number of nitrogens with zero attached hydrogens (tertiary/aromatic N) is 2. The highest BCUT2D eigenvalue weighted by molar-refractivity contribution is 5.34. The fraction of sp³-hybridized carbons (Fsp3) is 0.533. The summed E-state index contributed by atoms with van der Waals surface area (Å²) < 4.78 is 19.6. The normalized spacial score (nSPS) is 30.6. The third-order valence-electron chi connectivity index (χ3n) is 4.29. The zero-order valence-electron chi connectivity index (χ0n) is 11.5. The van der Waals surface area contributed by atoms with Gasteiger partial charge in [0.1, 0.15) is 11.9 Å². The summed E-state index contributed by atoms with van der Waals surface area (Å²) in [7, 11) is 0. The summed E-state index contributed by atoms with van der Waals surface area (Å²) >= 11 is 0. The lowest BCUT2D eigenvalue weighted by molar-refractivity contribution is -0.115. The average Bonchev–Trinajstić information content (AvgIpc) is 2.46. The van der Waals surface area contributed by atoms with E-state index in [9.17, 15) is 4.39 Å². The number of ether oxygens (including phenoxy) is 1. The summed E-state index contributed by atoms with van der Waals surface area (Å²) in [5.74, 6) is -0.470. The van der Waals surface area contributed by atoms with Crippen molar-refractivity contribution in [3.05, 3.63) is 35.1 Å². The summed E-state index contributed by atoms with van der Waals surface area (Å²) in [6, 6.07) is 6.58. The molecule has 0 amide bonds. The van der Waals surface area contributed by atoms with E-state index in [4.69, 9.17) is 10.00 Å². The second kappa shape index (κ2) is 5.13. The minimum atomic E-state index is -0.470. The van der Waals surface area contributed by atoms with Crippen LogP contribution in [0.15, 0.2) is 18.2 Å². The fourth-order valence-electron chi connectivity index (χ4n) is 2.96. The molecule has 1 aromatic rings. The van der Waals surface area contributed by atoms with Crippen LogP contribution < -0.4 is 5.32 Å². The van der Waals surface area contributed by atoms with Crippen molar-refractivity contribution in [3.8, 4) is 6.07 Å². The minimum absolute atomic E-state index is 0.0277. The molecule has 0 bridgehead atoms. The lowest BCUT2D eigenvalue weighted by Gasteiger charge is -2.50. The molecule has 3 rings (SSSR count). The van der Waals surface area contributed by atoms with E-state index in [1.54, 1.807) is 6.07 Å². The summed E-state index contributed by atoms with van der Waals surface area (Å²) in [6.07, 6.45) is -0.122. The monoisotopic (exact) mass is 275 g/mol. The summed E-state index contributed by atoms with van der Waals surface area (Å²) in [5, 5.41) is 12.2. The highest BCUT2D eigenvalue weighted by Crippen LogP contribution is 2.31. The molecule has 2 saturated heterocycles. The van der Waals surface area contributed by atoms with Crippen LogP contribution in [-0.4, -0.2) is 43.2 Å². The molecule has 0 saturated carbocycles. The maximum atomic E-state index is 13.7. The Bertz CT molecular complexity index is 557. The lowest BCUT2D eigenvalue weighted by Crippen LogP contribution is -2.65. The van der Waals surface area contributed by atoms with E-state index in [0.717, 1.165) is 31.7 Å². The van der Waals surface area contributed by atoms with Crippen molar-refractivity contribution in [2.24, 2.45) is 0 Å². The zero-order valence-corrected chi connectivity index (χ0v) is 11.5. The van der Waals surface area contributed by atoms with Crippen molar-refractivity contribution < 1.29 is 9.13 Å². The zero-order chi connectivity index (χ0) is 14.2. The number of hydrogen-bond donors (Lipinski definition) is 1. The standard InChI is InChI=1S/C15H18FN3O/c1-15-9-18-4-5-19(15)8-14(20-10-15)11-2-3-12(7-17)13(16)6-11/h2-3,6,14,18H,4-5,8-10H2,1H3/t14?,15-/m1/s1. The van der Waals surface area contributed by atoms with E-state index in [0.29, 0.717) is 6.61 Å². The van der Waals surface area contributed by atoms with Crippen LogP contribution in [0.5, 0.6) is 0 Å². The molecule has 0 spiro atoms. The molecule has 2 aliphatic heterocycles. The van der Waals surface area contributed by atoms with E-state index >= 15 is 0 Å². The molecule has 0 aromatic heterocycles. The van der Waals surface area contributed by atoms with Crippen LogP contribution in [0.4, 0.5) is 4.39 Å². The Morgan fingerprint density at radius 3 is 3.15 bits per heavy atom. The number of piperazine rings is 1. The van der Waals surface area contributed by atoms with Gasteiger partial charge in [-0.3, -0.25) is 4.90 Å². The summed E-state index contributed by atoms with van der Waals surface area (Å²) in [5.41, 5.74) is 0.915. The molecule has 1 N–H and O–H groups in total. The Balaban J connectivity index is 1.79. The Morgan fingerprint density at radius 1 is 1.55 bits per heavy atom. The minimum Gasteiger partial charge on any atom is -0.370 e. The molecule has 2 atom stereocenters.